The van der Waals surface area contributed by atoms with Crippen molar-refractivity contribution in [2.75, 3.05) is 6.61 Å². The van der Waals surface area contributed by atoms with Crippen molar-refractivity contribution >= 4 is 23.3 Å². The number of fused-ring (bicyclic) bond motifs is 2. The summed E-state index contributed by atoms with van der Waals surface area (Å²) in [4.78, 5) is 36.5. The van der Waals surface area contributed by atoms with Gasteiger partial charge in [-0.15, -0.1) is 0 Å². The van der Waals surface area contributed by atoms with Crippen molar-refractivity contribution in [2.45, 2.75) is 19.8 Å². The summed E-state index contributed by atoms with van der Waals surface area (Å²) in [7, 11) is 0. The van der Waals surface area contributed by atoms with Crippen molar-refractivity contribution in [3.05, 3.63) is 64.6 Å². The van der Waals surface area contributed by atoms with E-state index in [0.717, 1.165) is 18.9 Å². The molecule has 1 aliphatic rings. The van der Waals surface area contributed by atoms with Gasteiger partial charge in [0.1, 0.15) is 0 Å². The molecule has 0 bridgehead atoms. The van der Waals surface area contributed by atoms with Gasteiger partial charge in [-0.05, 0) is 12.5 Å². The average Bonchev–Trinajstić information content (AvgIpc) is 3.06. The van der Waals surface area contributed by atoms with Gasteiger partial charge in [-0.2, -0.15) is 0 Å². The smallest absolute Gasteiger partial charge is 0.334 e. The van der Waals surface area contributed by atoms with Crippen molar-refractivity contribution in [3.8, 4) is 0 Å². The van der Waals surface area contributed by atoms with Gasteiger partial charge in [0, 0.05) is 11.1 Å². The third-order valence-corrected chi connectivity index (χ3v) is 3.85. The Kier molecular flexibility index (Phi) is 4.52. The van der Waals surface area contributed by atoms with Gasteiger partial charge in [-0.3, -0.25) is 9.59 Å². The van der Waals surface area contributed by atoms with Crippen molar-refractivity contribution in [2.24, 2.45) is 0 Å². The Morgan fingerprint density at radius 1 is 1.16 bits per heavy atom. The second-order valence-corrected chi connectivity index (χ2v) is 5.61. The number of ether oxygens (including phenoxy) is 1. The maximum Gasteiger partial charge on any atom is 0.334 e. The average molecular weight is 340 g/mol. The van der Waals surface area contributed by atoms with Gasteiger partial charge < -0.3 is 14.3 Å². The lowest BCUT2D eigenvalue weighted by Crippen LogP contribution is -2.18. The predicted molar refractivity (Wildman–Crippen MR) is 88.5 cm³/mol. The fourth-order valence-corrected chi connectivity index (χ4v) is 2.54. The number of rotatable bonds is 5. The normalized spacial score (nSPS) is 13.4. The lowest BCUT2D eigenvalue weighted by Gasteiger charge is -2.11. The number of unbranched alkanes of at least 4 members (excludes halogenated alkanes) is 1. The van der Waals surface area contributed by atoms with Crippen molar-refractivity contribution in [3.63, 3.8) is 0 Å². The molecule has 0 saturated carbocycles. The number of carbonyl (C=O) groups is 3. The Morgan fingerprint density at radius 2 is 1.84 bits per heavy atom. The van der Waals surface area contributed by atoms with Crippen LogP contribution in [0.5, 0.6) is 0 Å². The van der Waals surface area contributed by atoms with Gasteiger partial charge >= 0.3 is 5.97 Å². The molecule has 1 aliphatic carbocycles. The van der Waals surface area contributed by atoms with Crippen LogP contribution < -0.4 is 0 Å². The monoisotopic (exact) mass is 340 g/mol. The predicted octanol–water partition coefficient (Wildman–Crippen LogP) is 3.30. The lowest BCUT2D eigenvalue weighted by atomic mass is 9.88. The Bertz CT molecular complexity index is 835. The van der Waals surface area contributed by atoms with Gasteiger partial charge in [0.25, 0.3) is 0 Å². The topological polar surface area (TPSA) is 93.8 Å². The van der Waals surface area contributed by atoms with E-state index in [2.05, 4.69) is 0 Å². The summed E-state index contributed by atoms with van der Waals surface area (Å²) in [6.45, 7) is 2.21. The van der Waals surface area contributed by atoms with E-state index in [-0.39, 0.29) is 40.6 Å². The Balaban J connectivity index is 1.89. The van der Waals surface area contributed by atoms with Gasteiger partial charge in [-0.1, -0.05) is 37.6 Å². The van der Waals surface area contributed by atoms with E-state index in [1.807, 2.05) is 6.92 Å². The fraction of sp³-hybridized carbons (Fsp3) is 0.211. The molecule has 0 unspecified atom stereocenters. The molecule has 25 heavy (non-hydrogen) atoms. The molecule has 1 aromatic heterocycles. The maximum atomic E-state index is 12.5. The first-order valence-corrected chi connectivity index (χ1v) is 7.93. The van der Waals surface area contributed by atoms with Crippen molar-refractivity contribution < 1.29 is 28.6 Å². The molecule has 3 rings (SSSR count). The Labute approximate surface area is 143 Å². The van der Waals surface area contributed by atoms with E-state index in [1.54, 1.807) is 24.3 Å². The van der Waals surface area contributed by atoms with Crippen LogP contribution in [0.1, 0.15) is 57.6 Å². The molecule has 0 radical (unpaired) electrons. The molecule has 0 aliphatic heterocycles. The number of benzene rings is 1. The van der Waals surface area contributed by atoms with Crippen LogP contribution in [0.2, 0.25) is 0 Å². The number of aliphatic hydroxyl groups is 1. The summed E-state index contributed by atoms with van der Waals surface area (Å²) in [5.41, 5.74) is 0.608. The molecule has 0 saturated heterocycles. The molecule has 2 aromatic rings. The Morgan fingerprint density at radius 3 is 2.52 bits per heavy atom. The highest BCUT2D eigenvalue weighted by Crippen LogP contribution is 2.31. The number of carbonyl (C=O) groups excluding carboxylic acids is 3. The summed E-state index contributed by atoms with van der Waals surface area (Å²) in [6, 6.07) is 7.69. The molecule has 0 atom stereocenters. The first-order chi connectivity index (χ1) is 12.0. The SMILES string of the molecule is CCCCOC(=O)/C=C(\O)c1cc2c(o1)C(=O)c1ccccc1C2=O. The molecule has 128 valence electrons. The minimum Gasteiger partial charge on any atom is -0.504 e. The van der Waals surface area contributed by atoms with Crippen molar-refractivity contribution in [1.82, 2.24) is 0 Å². The fourth-order valence-electron chi connectivity index (χ4n) is 2.54. The van der Waals surface area contributed by atoms with E-state index >= 15 is 0 Å². The molecule has 1 N–H and O–H groups in total. The molecule has 0 spiro atoms. The molecule has 1 heterocycles. The molecular weight excluding hydrogens is 324 g/mol. The van der Waals surface area contributed by atoms with E-state index in [4.69, 9.17) is 9.15 Å². The molecule has 6 nitrogen and oxygen atoms in total. The summed E-state index contributed by atoms with van der Waals surface area (Å²) in [5.74, 6) is -2.29. The summed E-state index contributed by atoms with van der Waals surface area (Å²) in [5, 5.41) is 10.0. The van der Waals surface area contributed by atoms with Gasteiger partial charge in [0.05, 0.1) is 18.2 Å². The quantitative estimate of drug-likeness (QED) is 0.331. The van der Waals surface area contributed by atoms with Crippen LogP contribution in [-0.2, 0) is 9.53 Å². The van der Waals surface area contributed by atoms with E-state index < -0.39 is 17.5 Å². The van der Waals surface area contributed by atoms with Crippen molar-refractivity contribution in [1.29, 1.82) is 0 Å². The summed E-state index contributed by atoms with van der Waals surface area (Å²) >= 11 is 0. The second-order valence-electron chi connectivity index (χ2n) is 5.61. The van der Waals surface area contributed by atoms with Crippen LogP contribution >= 0.6 is 0 Å². The van der Waals surface area contributed by atoms with Gasteiger partial charge in [-0.25, -0.2) is 4.79 Å². The van der Waals surface area contributed by atoms with E-state index in [0.29, 0.717) is 0 Å². The number of furan rings is 1. The first-order valence-electron chi connectivity index (χ1n) is 7.93. The summed E-state index contributed by atoms with van der Waals surface area (Å²) in [6.07, 6.45) is 2.46. The zero-order valence-electron chi connectivity index (χ0n) is 13.6. The Hall–Kier alpha value is -3.15. The zero-order chi connectivity index (χ0) is 18.0. The number of hydrogen-bond donors (Lipinski definition) is 1. The highest BCUT2D eigenvalue weighted by atomic mass is 16.5. The van der Waals surface area contributed by atoms with E-state index in [1.165, 1.54) is 6.07 Å². The number of hydrogen-bond acceptors (Lipinski definition) is 6. The third kappa shape index (κ3) is 3.10. The molecule has 1 aromatic carbocycles. The lowest BCUT2D eigenvalue weighted by molar-refractivity contribution is -0.137. The number of aliphatic hydroxyl groups excluding tert-OH is 1. The van der Waals surface area contributed by atoms with E-state index in [9.17, 15) is 19.5 Å². The largest absolute Gasteiger partial charge is 0.504 e. The number of esters is 1. The molecular formula is C19H16O6. The first kappa shape index (κ1) is 16.7. The number of ketones is 2. The molecule has 0 fully saturated rings. The standard InChI is InChI=1S/C19H16O6/c1-2-3-8-24-16(21)10-14(20)15-9-13-17(22)11-6-4-5-7-12(11)18(23)19(13)25-15/h4-7,9-10,20H,2-3,8H2,1H3/b14-10-. The minimum atomic E-state index is -0.721. The maximum absolute atomic E-state index is 12.5. The van der Waals surface area contributed by atoms with Crippen LogP contribution in [0.3, 0.4) is 0 Å². The van der Waals surface area contributed by atoms with Crippen LogP contribution in [-0.4, -0.2) is 29.2 Å². The third-order valence-electron chi connectivity index (χ3n) is 3.85. The van der Waals surface area contributed by atoms with Crippen LogP contribution in [0, 0.1) is 0 Å². The van der Waals surface area contributed by atoms with Crippen LogP contribution in [0.15, 0.2) is 40.8 Å². The molecule has 0 amide bonds. The zero-order valence-corrected chi connectivity index (χ0v) is 13.6. The van der Waals surface area contributed by atoms with Gasteiger partial charge in [0.15, 0.2) is 23.1 Å². The highest BCUT2D eigenvalue weighted by Gasteiger charge is 2.33. The minimum absolute atomic E-state index is 0.0676. The van der Waals surface area contributed by atoms with Gasteiger partial charge in [0.2, 0.25) is 5.78 Å². The molecule has 6 heteroatoms. The van der Waals surface area contributed by atoms with Crippen LogP contribution in [0.25, 0.3) is 5.76 Å². The summed E-state index contributed by atoms with van der Waals surface area (Å²) < 4.78 is 10.3. The highest BCUT2D eigenvalue weighted by molar-refractivity contribution is 6.27. The van der Waals surface area contributed by atoms with Crippen LogP contribution in [0.4, 0.5) is 0 Å². The second kappa shape index (κ2) is 6.76.